The van der Waals surface area contributed by atoms with Crippen molar-refractivity contribution in [2.75, 3.05) is 0 Å². The van der Waals surface area contributed by atoms with Gasteiger partial charge < -0.3 is 4.42 Å². The van der Waals surface area contributed by atoms with E-state index in [1.165, 1.54) is 16.5 Å². The van der Waals surface area contributed by atoms with Crippen LogP contribution in [0.4, 0.5) is 0 Å². The Kier molecular flexibility index (Phi) is 6.11. The molecule has 0 bridgehead atoms. The predicted octanol–water partition coefficient (Wildman–Crippen LogP) is 11.3. The summed E-state index contributed by atoms with van der Waals surface area (Å²) in [6.45, 7) is 0. The first kappa shape index (κ1) is 27.4. The van der Waals surface area contributed by atoms with E-state index in [4.69, 9.17) is 19.4 Å². The monoisotopic (exact) mass is 626 g/mol. The zero-order valence-corrected chi connectivity index (χ0v) is 26.2. The number of pyridine rings is 1. The molecule has 7 aromatic carbocycles. The van der Waals surface area contributed by atoms with Gasteiger partial charge in [-0.05, 0) is 68.4 Å². The minimum atomic E-state index is 0.607. The average Bonchev–Trinajstić information content (AvgIpc) is 3.56. The van der Waals surface area contributed by atoms with Crippen LogP contribution in [0.2, 0.25) is 0 Å². The van der Waals surface area contributed by atoms with Crippen molar-refractivity contribution < 1.29 is 4.42 Å². The van der Waals surface area contributed by atoms with Crippen molar-refractivity contribution >= 4 is 54.3 Å². The SMILES string of the molecule is c1ccc(-c2ccc3cc(-c4nc(-c5ccc6ccccc6c5)nc(-c5cccc6c5ccc5c7ccncc7oc65)n4)ccc3c2)cc1. The molecule has 0 fully saturated rings. The van der Waals surface area contributed by atoms with E-state index in [1.807, 2.05) is 18.2 Å². The molecule has 5 nitrogen and oxygen atoms in total. The molecule has 49 heavy (non-hydrogen) atoms. The second kappa shape index (κ2) is 10.9. The lowest BCUT2D eigenvalue weighted by Crippen LogP contribution is -2.00. The summed E-state index contributed by atoms with van der Waals surface area (Å²) in [6, 6.07) is 50.7. The summed E-state index contributed by atoms with van der Waals surface area (Å²) in [7, 11) is 0. The summed E-state index contributed by atoms with van der Waals surface area (Å²) >= 11 is 0. The van der Waals surface area contributed by atoms with E-state index in [9.17, 15) is 0 Å². The Morgan fingerprint density at radius 1 is 0.388 bits per heavy atom. The number of rotatable bonds is 4. The topological polar surface area (TPSA) is 64.7 Å². The van der Waals surface area contributed by atoms with Gasteiger partial charge >= 0.3 is 0 Å². The molecule has 3 heterocycles. The van der Waals surface area contributed by atoms with Gasteiger partial charge in [0.1, 0.15) is 5.58 Å². The summed E-state index contributed by atoms with van der Waals surface area (Å²) in [6.07, 6.45) is 3.57. The highest BCUT2D eigenvalue weighted by atomic mass is 16.3. The van der Waals surface area contributed by atoms with Gasteiger partial charge in [-0.1, -0.05) is 115 Å². The van der Waals surface area contributed by atoms with Crippen LogP contribution in [-0.2, 0) is 0 Å². The molecule has 0 aliphatic carbocycles. The molecule has 0 atom stereocenters. The second-order valence-corrected chi connectivity index (χ2v) is 12.3. The maximum atomic E-state index is 6.35. The van der Waals surface area contributed by atoms with E-state index in [-0.39, 0.29) is 0 Å². The molecule has 0 amide bonds. The van der Waals surface area contributed by atoms with Crippen molar-refractivity contribution in [3.63, 3.8) is 0 Å². The Morgan fingerprint density at radius 3 is 1.80 bits per heavy atom. The lowest BCUT2D eigenvalue weighted by molar-refractivity contribution is 0.670. The van der Waals surface area contributed by atoms with Gasteiger partial charge in [-0.3, -0.25) is 4.98 Å². The fraction of sp³-hybridized carbons (Fsp3) is 0. The molecule has 228 valence electrons. The minimum absolute atomic E-state index is 0.607. The van der Waals surface area contributed by atoms with Gasteiger partial charge in [0.25, 0.3) is 0 Å². The lowest BCUT2D eigenvalue weighted by atomic mass is 9.99. The maximum Gasteiger partial charge on any atom is 0.164 e. The van der Waals surface area contributed by atoms with Gasteiger partial charge in [0.2, 0.25) is 0 Å². The van der Waals surface area contributed by atoms with Crippen molar-refractivity contribution in [2.24, 2.45) is 0 Å². The van der Waals surface area contributed by atoms with Crippen molar-refractivity contribution in [3.8, 4) is 45.3 Å². The molecule has 0 unspecified atom stereocenters. The molecule has 0 spiro atoms. The molecule has 0 N–H and O–H groups in total. The fourth-order valence-electron chi connectivity index (χ4n) is 6.92. The van der Waals surface area contributed by atoms with Crippen LogP contribution >= 0.6 is 0 Å². The van der Waals surface area contributed by atoms with Crippen LogP contribution in [0, 0.1) is 0 Å². The number of nitrogens with zero attached hydrogens (tertiary/aromatic N) is 4. The van der Waals surface area contributed by atoms with Gasteiger partial charge in [-0.2, -0.15) is 0 Å². The fourth-order valence-corrected chi connectivity index (χ4v) is 6.92. The Labute approximate surface area is 281 Å². The molecular weight excluding hydrogens is 601 g/mol. The third-order valence-corrected chi connectivity index (χ3v) is 9.39. The summed E-state index contributed by atoms with van der Waals surface area (Å²) < 4.78 is 6.35. The van der Waals surface area contributed by atoms with Crippen molar-refractivity contribution in [2.45, 2.75) is 0 Å². The standard InChI is InChI=1S/C44H26N4O/c1-2-7-27(8-3-1)30-14-15-32-25-34(18-16-31(32)23-30)43-46-42(33-17-13-28-9-4-5-10-29(28)24-33)47-44(48-43)39-12-6-11-37-35(39)19-20-38-36-21-22-45-26-40(36)49-41(37)38/h1-26H. The zero-order valence-electron chi connectivity index (χ0n) is 26.2. The van der Waals surface area contributed by atoms with Crippen molar-refractivity contribution in [3.05, 3.63) is 158 Å². The molecule has 5 heteroatoms. The molecule has 3 aromatic heterocycles. The van der Waals surface area contributed by atoms with E-state index in [0.717, 1.165) is 65.6 Å². The smallest absolute Gasteiger partial charge is 0.164 e. The highest BCUT2D eigenvalue weighted by molar-refractivity contribution is 6.17. The molecule has 0 saturated heterocycles. The van der Waals surface area contributed by atoms with Gasteiger partial charge in [0.15, 0.2) is 23.1 Å². The molecular formula is C44H26N4O. The highest BCUT2D eigenvalue weighted by Crippen LogP contribution is 2.38. The molecule has 0 radical (unpaired) electrons. The van der Waals surface area contributed by atoms with Crippen LogP contribution in [0.25, 0.3) is 99.5 Å². The zero-order chi connectivity index (χ0) is 32.3. The van der Waals surface area contributed by atoms with E-state index >= 15 is 0 Å². The summed E-state index contributed by atoms with van der Waals surface area (Å²) in [4.78, 5) is 19.6. The Hall–Kier alpha value is -6.72. The molecule has 10 rings (SSSR count). The van der Waals surface area contributed by atoms with Crippen LogP contribution in [0.3, 0.4) is 0 Å². The first-order valence-corrected chi connectivity index (χ1v) is 16.3. The third-order valence-electron chi connectivity index (χ3n) is 9.39. The number of furan rings is 1. The van der Waals surface area contributed by atoms with Gasteiger partial charge in [0.05, 0.1) is 6.20 Å². The number of aromatic nitrogens is 4. The van der Waals surface area contributed by atoms with E-state index < -0.39 is 0 Å². The Bertz CT molecular complexity index is 2890. The van der Waals surface area contributed by atoms with Crippen LogP contribution in [0.5, 0.6) is 0 Å². The number of hydrogen-bond donors (Lipinski definition) is 0. The lowest BCUT2D eigenvalue weighted by Gasteiger charge is -2.12. The molecule has 10 aromatic rings. The van der Waals surface area contributed by atoms with Gasteiger partial charge in [-0.25, -0.2) is 15.0 Å². The van der Waals surface area contributed by atoms with Crippen LogP contribution in [0.15, 0.2) is 162 Å². The Morgan fingerprint density at radius 2 is 1.00 bits per heavy atom. The Balaban J connectivity index is 1.17. The number of fused-ring (bicyclic) bond motifs is 7. The van der Waals surface area contributed by atoms with E-state index in [0.29, 0.717) is 17.5 Å². The van der Waals surface area contributed by atoms with Crippen LogP contribution in [0.1, 0.15) is 0 Å². The average molecular weight is 627 g/mol. The summed E-state index contributed by atoms with van der Waals surface area (Å²) in [5, 5.41) is 8.70. The van der Waals surface area contributed by atoms with E-state index in [2.05, 4.69) is 132 Å². The highest BCUT2D eigenvalue weighted by Gasteiger charge is 2.17. The van der Waals surface area contributed by atoms with E-state index in [1.54, 1.807) is 12.4 Å². The predicted molar refractivity (Wildman–Crippen MR) is 199 cm³/mol. The molecule has 0 saturated carbocycles. The maximum absolute atomic E-state index is 6.35. The van der Waals surface area contributed by atoms with Crippen molar-refractivity contribution in [1.82, 2.24) is 19.9 Å². The molecule has 0 aliphatic rings. The molecule has 0 aliphatic heterocycles. The number of benzene rings is 7. The van der Waals surface area contributed by atoms with Gasteiger partial charge in [0, 0.05) is 39.0 Å². The van der Waals surface area contributed by atoms with Crippen molar-refractivity contribution in [1.29, 1.82) is 0 Å². The van der Waals surface area contributed by atoms with Crippen LogP contribution in [-0.4, -0.2) is 19.9 Å². The number of hydrogen-bond acceptors (Lipinski definition) is 5. The first-order valence-electron chi connectivity index (χ1n) is 16.3. The normalized spacial score (nSPS) is 11.7. The van der Waals surface area contributed by atoms with Gasteiger partial charge in [-0.15, -0.1) is 0 Å². The second-order valence-electron chi connectivity index (χ2n) is 12.3. The largest absolute Gasteiger partial charge is 0.454 e. The quantitative estimate of drug-likeness (QED) is 0.194. The summed E-state index contributed by atoms with van der Waals surface area (Å²) in [5.74, 6) is 1.85. The third kappa shape index (κ3) is 4.63. The summed E-state index contributed by atoms with van der Waals surface area (Å²) in [5.41, 5.74) is 6.76. The first-order chi connectivity index (χ1) is 24.2. The minimum Gasteiger partial charge on any atom is -0.454 e. The van der Waals surface area contributed by atoms with Crippen LogP contribution < -0.4 is 0 Å².